The van der Waals surface area contributed by atoms with Crippen molar-refractivity contribution >= 4 is 5.69 Å². The summed E-state index contributed by atoms with van der Waals surface area (Å²) in [5.74, 6) is 1.51. The van der Waals surface area contributed by atoms with E-state index in [2.05, 4.69) is 17.0 Å². The summed E-state index contributed by atoms with van der Waals surface area (Å²) in [5, 5.41) is 4.18. The third-order valence-corrected chi connectivity index (χ3v) is 3.46. The van der Waals surface area contributed by atoms with Gasteiger partial charge in [-0.05, 0) is 18.7 Å². The molecule has 1 aliphatic rings. The molecule has 0 saturated carbocycles. The molecule has 21 heavy (non-hydrogen) atoms. The van der Waals surface area contributed by atoms with Crippen molar-refractivity contribution in [2.75, 3.05) is 26.0 Å². The molecule has 0 aliphatic carbocycles. The first kappa shape index (κ1) is 13.8. The maximum absolute atomic E-state index is 6.11. The van der Waals surface area contributed by atoms with Gasteiger partial charge >= 0.3 is 0 Å². The Morgan fingerprint density at radius 2 is 1.95 bits per heavy atom. The van der Waals surface area contributed by atoms with Gasteiger partial charge in [-0.15, -0.1) is 0 Å². The molecule has 112 valence electrons. The molecule has 3 rings (SSSR count). The third kappa shape index (κ3) is 3.11. The van der Waals surface area contributed by atoms with E-state index in [1.165, 1.54) is 5.56 Å². The van der Waals surface area contributed by atoms with Gasteiger partial charge in [-0.25, -0.2) is 0 Å². The Bertz CT molecular complexity index is 639. The maximum Gasteiger partial charge on any atom is 0.163 e. The largest absolute Gasteiger partial charge is 0.486 e. The van der Waals surface area contributed by atoms with Crippen LogP contribution in [0.25, 0.3) is 0 Å². The Balaban J connectivity index is 1.71. The second-order valence-corrected chi connectivity index (χ2v) is 5.39. The van der Waals surface area contributed by atoms with Crippen molar-refractivity contribution in [2.24, 2.45) is 7.05 Å². The van der Waals surface area contributed by atoms with Gasteiger partial charge in [0.1, 0.15) is 13.2 Å². The summed E-state index contributed by atoms with van der Waals surface area (Å²) in [5.41, 5.74) is 9.07. The maximum atomic E-state index is 6.11. The van der Waals surface area contributed by atoms with Crippen LogP contribution in [-0.4, -0.2) is 34.9 Å². The van der Waals surface area contributed by atoms with Gasteiger partial charge in [-0.1, -0.05) is 0 Å². The number of benzene rings is 1. The lowest BCUT2D eigenvalue weighted by atomic mass is 10.1. The molecule has 0 amide bonds. The SMILES string of the molecule is CN(Cc1cnn(C)c1)Cc1cc2c(cc1N)OCCO2. The minimum absolute atomic E-state index is 0.576. The number of nitrogen functional groups attached to an aromatic ring is 1. The number of anilines is 1. The Kier molecular flexibility index (Phi) is 3.70. The van der Waals surface area contributed by atoms with Crippen molar-refractivity contribution in [1.82, 2.24) is 14.7 Å². The Labute approximate surface area is 124 Å². The van der Waals surface area contributed by atoms with Crippen LogP contribution in [0.4, 0.5) is 5.69 Å². The highest BCUT2D eigenvalue weighted by atomic mass is 16.6. The van der Waals surface area contributed by atoms with E-state index in [0.717, 1.165) is 35.8 Å². The van der Waals surface area contributed by atoms with E-state index < -0.39 is 0 Å². The van der Waals surface area contributed by atoms with Crippen LogP contribution in [0.5, 0.6) is 11.5 Å². The lowest BCUT2D eigenvalue weighted by Gasteiger charge is -2.22. The van der Waals surface area contributed by atoms with Crippen LogP contribution in [0.1, 0.15) is 11.1 Å². The minimum Gasteiger partial charge on any atom is -0.486 e. The lowest BCUT2D eigenvalue weighted by Crippen LogP contribution is -2.19. The third-order valence-electron chi connectivity index (χ3n) is 3.46. The van der Waals surface area contributed by atoms with Gasteiger partial charge in [0.25, 0.3) is 0 Å². The Morgan fingerprint density at radius 1 is 1.24 bits per heavy atom. The van der Waals surface area contributed by atoms with Crippen LogP contribution in [0, 0.1) is 0 Å². The first-order valence-corrected chi connectivity index (χ1v) is 6.96. The fourth-order valence-corrected chi connectivity index (χ4v) is 2.50. The van der Waals surface area contributed by atoms with Gasteiger partial charge in [0.05, 0.1) is 6.20 Å². The number of hydrogen-bond donors (Lipinski definition) is 1. The number of aryl methyl sites for hydroxylation is 1. The van der Waals surface area contributed by atoms with Crippen LogP contribution in [0.3, 0.4) is 0 Å². The normalized spacial score (nSPS) is 13.7. The van der Waals surface area contributed by atoms with Crippen molar-refractivity contribution in [2.45, 2.75) is 13.1 Å². The molecule has 0 unspecified atom stereocenters. The van der Waals surface area contributed by atoms with E-state index in [9.17, 15) is 0 Å². The second-order valence-electron chi connectivity index (χ2n) is 5.39. The van der Waals surface area contributed by atoms with E-state index in [4.69, 9.17) is 15.2 Å². The summed E-state index contributed by atoms with van der Waals surface area (Å²) in [6.07, 6.45) is 3.90. The topological polar surface area (TPSA) is 65.5 Å². The monoisotopic (exact) mass is 288 g/mol. The number of hydrogen-bond acceptors (Lipinski definition) is 5. The molecular weight excluding hydrogens is 268 g/mol. The molecule has 0 bridgehead atoms. The molecule has 2 heterocycles. The highest BCUT2D eigenvalue weighted by Gasteiger charge is 2.15. The summed E-state index contributed by atoms with van der Waals surface area (Å²) in [6.45, 7) is 2.73. The highest BCUT2D eigenvalue weighted by molar-refractivity contribution is 5.58. The van der Waals surface area contributed by atoms with Crippen molar-refractivity contribution in [3.8, 4) is 11.5 Å². The Morgan fingerprint density at radius 3 is 2.62 bits per heavy atom. The van der Waals surface area contributed by atoms with E-state index in [-0.39, 0.29) is 0 Å². The van der Waals surface area contributed by atoms with Crippen LogP contribution in [-0.2, 0) is 20.1 Å². The summed E-state index contributed by atoms with van der Waals surface area (Å²) < 4.78 is 13.0. The van der Waals surface area contributed by atoms with Crippen molar-refractivity contribution in [3.63, 3.8) is 0 Å². The molecule has 0 atom stereocenters. The molecule has 0 fully saturated rings. The molecule has 1 aliphatic heterocycles. The van der Waals surface area contributed by atoms with Crippen LogP contribution in [0.15, 0.2) is 24.5 Å². The molecule has 6 heteroatoms. The molecule has 1 aromatic carbocycles. The van der Waals surface area contributed by atoms with E-state index >= 15 is 0 Å². The van der Waals surface area contributed by atoms with Crippen molar-refractivity contribution in [3.05, 3.63) is 35.7 Å². The number of nitrogens with zero attached hydrogens (tertiary/aromatic N) is 3. The van der Waals surface area contributed by atoms with Gasteiger partial charge in [0.15, 0.2) is 11.5 Å². The van der Waals surface area contributed by atoms with Crippen molar-refractivity contribution < 1.29 is 9.47 Å². The molecule has 2 N–H and O–H groups in total. The number of aromatic nitrogens is 2. The standard InChI is InChI=1S/C15H20N4O2/c1-18(8-11-7-17-19(2)9-11)10-12-5-14-15(6-13(12)16)21-4-3-20-14/h5-7,9H,3-4,8,10,16H2,1-2H3. The quantitative estimate of drug-likeness (QED) is 0.862. The van der Waals surface area contributed by atoms with Gasteiger partial charge in [-0.3, -0.25) is 9.58 Å². The van der Waals surface area contributed by atoms with Gasteiger partial charge in [-0.2, -0.15) is 5.10 Å². The number of nitrogens with two attached hydrogens (primary N) is 1. The summed E-state index contributed by atoms with van der Waals surface area (Å²) in [6, 6.07) is 3.82. The predicted molar refractivity (Wildman–Crippen MR) is 80.2 cm³/mol. The van der Waals surface area contributed by atoms with E-state index in [0.29, 0.717) is 13.2 Å². The summed E-state index contributed by atoms with van der Waals surface area (Å²) in [4.78, 5) is 2.19. The smallest absolute Gasteiger partial charge is 0.163 e. The number of fused-ring (bicyclic) bond motifs is 1. The molecule has 0 radical (unpaired) electrons. The van der Waals surface area contributed by atoms with Crippen LogP contribution in [0.2, 0.25) is 0 Å². The lowest BCUT2D eigenvalue weighted by molar-refractivity contribution is 0.171. The molecule has 2 aromatic rings. The first-order chi connectivity index (χ1) is 10.1. The Hall–Kier alpha value is -2.21. The summed E-state index contributed by atoms with van der Waals surface area (Å²) >= 11 is 0. The zero-order chi connectivity index (χ0) is 14.8. The van der Waals surface area contributed by atoms with Gasteiger partial charge in [0.2, 0.25) is 0 Å². The molecule has 0 saturated heterocycles. The average molecular weight is 288 g/mol. The highest BCUT2D eigenvalue weighted by Crippen LogP contribution is 2.34. The molecule has 6 nitrogen and oxygen atoms in total. The first-order valence-electron chi connectivity index (χ1n) is 6.96. The van der Waals surface area contributed by atoms with E-state index in [1.807, 2.05) is 36.3 Å². The fraction of sp³-hybridized carbons (Fsp3) is 0.400. The minimum atomic E-state index is 0.576. The molecule has 0 spiro atoms. The number of ether oxygens (including phenoxy) is 2. The zero-order valence-corrected chi connectivity index (χ0v) is 12.4. The second kappa shape index (κ2) is 5.65. The van der Waals surface area contributed by atoms with Gasteiger partial charge in [0, 0.05) is 43.7 Å². The van der Waals surface area contributed by atoms with Crippen LogP contribution < -0.4 is 15.2 Å². The van der Waals surface area contributed by atoms with Gasteiger partial charge < -0.3 is 15.2 Å². The van der Waals surface area contributed by atoms with E-state index in [1.54, 1.807) is 0 Å². The predicted octanol–water partition coefficient (Wildman–Crippen LogP) is 1.41. The number of rotatable bonds is 4. The molecule has 1 aromatic heterocycles. The average Bonchev–Trinajstić information content (AvgIpc) is 2.85. The van der Waals surface area contributed by atoms with Crippen molar-refractivity contribution in [1.29, 1.82) is 0 Å². The zero-order valence-electron chi connectivity index (χ0n) is 12.4. The molecular formula is C15H20N4O2. The van der Waals surface area contributed by atoms with Crippen LogP contribution >= 0.6 is 0 Å². The summed E-state index contributed by atoms with van der Waals surface area (Å²) in [7, 11) is 3.98. The fourth-order valence-electron chi connectivity index (χ4n) is 2.50.